The van der Waals surface area contributed by atoms with Crippen molar-refractivity contribution < 1.29 is 19.4 Å². The largest absolute Gasteiger partial charge is 0.481 e. The predicted octanol–water partition coefficient (Wildman–Crippen LogP) is 2.48. The number of carbonyl (C=O) groups is 2. The number of carboxylic acid groups (broad SMARTS) is 1. The number of benzene rings is 1. The Morgan fingerprint density at radius 2 is 2.00 bits per heavy atom. The summed E-state index contributed by atoms with van der Waals surface area (Å²) in [5.74, 6) is -1.18. The van der Waals surface area contributed by atoms with E-state index in [4.69, 9.17) is 21.0 Å². The minimum absolute atomic E-state index is 0.0358. The fourth-order valence-corrected chi connectivity index (χ4v) is 3.10. The molecule has 0 amide bonds. The SMILES string of the molecule is N=C(N)c1ccc(CCCCC2CC(CC(=O)O)CC(=O)O2)cc1. The van der Waals surface area contributed by atoms with E-state index in [0.717, 1.165) is 31.2 Å². The number of carboxylic acids is 1. The highest BCUT2D eigenvalue weighted by molar-refractivity contribution is 5.94. The van der Waals surface area contributed by atoms with Crippen molar-refractivity contribution in [3.63, 3.8) is 0 Å². The fourth-order valence-electron chi connectivity index (χ4n) is 3.10. The number of unbranched alkanes of at least 4 members (excludes halogenated alkanes) is 1. The molecule has 130 valence electrons. The number of esters is 1. The Kier molecular flexibility index (Phi) is 6.35. The lowest BCUT2D eigenvalue weighted by Crippen LogP contribution is -2.30. The van der Waals surface area contributed by atoms with Crippen LogP contribution in [0.5, 0.6) is 0 Å². The molecule has 0 radical (unpaired) electrons. The number of amidine groups is 1. The molecule has 0 spiro atoms. The Morgan fingerprint density at radius 1 is 1.29 bits per heavy atom. The van der Waals surface area contributed by atoms with Crippen LogP contribution in [-0.2, 0) is 20.7 Å². The third-order valence-electron chi connectivity index (χ3n) is 4.32. The van der Waals surface area contributed by atoms with Gasteiger partial charge in [0.2, 0.25) is 0 Å². The van der Waals surface area contributed by atoms with Gasteiger partial charge in [0, 0.05) is 18.4 Å². The maximum absolute atomic E-state index is 11.6. The van der Waals surface area contributed by atoms with Crippen LogP contribution in [0.4, 0.5) is 0 Å². The molecule has 24 heavy (non-hydrogen) atoms. The summed E-state index contributed by atoms with van der Waals surface area (Å²) in [6.07, 6.45) is 4.31. The summed E-state index contributed by atoms with van der Waals surface area (Å²) < 4.78 is 5.32. The van der Waals surface area contributed by atoms with Crippen LogP contribution >= 0.6 is 0 Å². The number of cyclic esters (lactones) is 1. The van der Waals surface area contributed by atoms with E-state index in [1.54, 1.807) is 0 Å². The summed E-state index contributed by atoms with van der Waals surface area (Å²) >= 11 is 0. The molecule has 0 aliphatic carbocycles. The predicted molar refractivity (Wildman–Crippen MR) is 89.9 cm³/mol. The Labute approximate surface area is 141 Å². The van der Waals surface area contributed by atoms with Crippen LogP contribution in [0.2, 0.25) is 0 Å². The molecule has 1 fully saturated rings. The van der Waals surface area contributed by atoms with Crippen LogP contribution < -0.4 is 5.73 Å². The van der Waals surface area contributed by atoms with Gasteiger partial charge in [-0.2, -0.15) is 0 Å². The Morgan fingerprint density at radius 3 is 2.62 bits per heavy atom. The van der Waals surface area contributed by atoms with Crippen LogP contribution in [0.25, 0.3) is 0 Å². The van der Waals surface area contributed by atoms with Gasteiger partial charge in [0.05, 0.1) is 0 Å². The zero-order valence-corrected chi connectivity index (χ0v) is 13.7. The summed E-state index contributed by atoms with van der Waals surface area (Å²) in [6.45, 7) is 0. The van der Waals surface area contributed by atoms with Crippen molar-refractivity contribution in [2.24, 2.45) is 11.7 Å². The van der Waals surface area contributed by atoms with Crippen LogP contribution in [0, 0.1) is 11.3 Å². The van der Waals surface area contributed by atoms with Crippen molar-refractivity contribution in [2.45, 2.75) is 51.0 Å². The van der Waals surface area contributed by atoms with E-state index in [0.29, 0.717) is 6.42 Å². The molecule has 1 aliphatic rings. The van der Waals surface area contributed by atoms with Gasteiger partial charge in [-0.05, 0) is 43.6 Å². The summed E-state index contributed by atoms with van der Waals surface area (Å²) in [5, 5.41) is 16.2. The standard InChI is InChI=1S/C18H24N2O4/c19-18(20)14-7-5-12(6-8-14)3-1-2-4-15-9-13(10-16(21)22)11-17(23)24-15/h5-8,13,15H,1-4,9-11H2,(H3,19,20)(H,21,22). The lowest BCUT2D eigenvalue weighted by molar-refractivity contribution is -0.158. The van der Waals surface area contributed by atoms with E-state index in [1.165, 1.54) is 5.56 Å². The minimum atomic E-state index is -0.859. The molecule has 0 aromatic heterocycles. The molecule has 1 aliphatic heterocycles. The summed E-state index contributed by atoms with van der Waals surface area (Å²) in [6, 6.07) is 7.63. The fraction of sp³-hybridized carbons (Fsp3) is 0.500. The average molecular weight is 332 g/mol. The second-order valence-electron chi connectivity index (χ2n) is 6.37. The van der Waals surface area contributed by atoms with Gasteiger partial charge in [0.15, 0.2) is 0 Å². The number of nitrogens with two attached hydrogens (primary N) is 1. The van der Waals surface area contributed by atoms with Crippen LogP contribution in [0.3, 0.4) is 0 Å². The van der Waals surface area contributed by atoms with Gasteiger partial charge in [-0.15, -0.1) is 0 Å². The first-order valence-electron chi connectivity index (χ1n) is 8.28. The zero-order valence-electron chi connectivity index (χ0n) is 13.7. The van der Waals surface area contributed by atoms with Crippen LogP contribution in [-0.4, -0.2) is 29.0 Å². The number of aliphatic carboxylic acids is 1. The van der Waals surface area contributed by atoms with Crippen LogP contribution in [0.15, 0.2) is 24.3 Å². The second-order valence-corrected chi connectivity index (χ2v) is 6.37. The number of rotatable bonds is 8. The lowest BCUT2D eigenvalue weighted by atomic mass is 9.90. The van der Waals surface area contributed by atoms with Crippen molar-refractivity contribution in [2.75, 3.05) is 0 Å². The van der Waals surface area contributed by atoms with E-state index in [1.807, 2.05) is 24.3 Å². The normalized spacial score (nSPS) is 20.4. The second kappa shape index (κ2) is 8.47. The number of ether oxygens (including phenoxy) is 1. The van der Waals surface area contributed by atoms with Gasteiger partial charge in [0.1, 0.15) is 11.9 Å². The molecule has 1 aromatic rings. The number of aryl methyl sites for hydroxylation is 1. The molecule has 6 heteroatoms. The molecule has 0 saturated carbocycles. The maximum Gasteiger partial charge on any atom is 0.306 e. The summed E-state index contributed by atoms with van der Waals surface area (Å²) in [5.41, 5.74) is 7.33. The first-order chi connectivity index (χ1) is 11.4. The summed E-state index contributed by atoms with van der Waals surface area (Å²) in [7, 11) is 0. The molecule has 2 rings (SSSR count). The first-order valence-corrected chi connectivity index (χ1v) is 8.28. The highest BCUT2D eigenvalue weighted by atomic mass is 16.5. The molecule has 1 heterocycles. The Bertz CT molecular complexity index is 596. The van der Waals surface area contributed by atoms with Crippen molar-refractivity contribution in [1.82, 2.24) is 0 Å². The van der Waals surface area contributed by atoms with Crippen molar-refractivity contribution in [3.05, 3.63) is 35.4 Å². The molecule has 1 aromatic carbocycles. The van der Waals surface area contributed by atoms with Crippen molar-refractivity contribution in [1.29, 1.82) is 5.41 Å². The van der Waals surface area contributed by atoms with E-state index in [2.05, 4.69) is 0 Å². The zero-order chi connectivity index (χ0) is 17.5. The van der Waals surface area contributed by atoms with Gasteiger partial charge >= 0.3 is 11.9 Å². The van der Waals surface area contributed by atoms with Gasteiger partial charge in [0.25, 0.3) is 0 Å². The molecule has 4 N–H and O–H groups in total. The van der Waals surface area contributed by atoms with E-state index < -0.39 is 5.97 Å². The van der Waals surface area contributed by atoms with Crippen molar-refractivity contribution in [3.8, 4) is 0 Å². The van der Waals surface area contributed by atoms with E-state index in [-0.39, 0.29) is 36.7 Å². The minimum Gasteiger partial charge on any atom is -0.481 e. The number of carbonyl (C=O) groups excluding carboxylic acids is 1. The smallest absolute Gasteiger partial charge is 0.306 e. The Balaban J connectivity index is 1.72. The quantitative estimate of drug-likeness (QED) is 0.293. The third kappa shape index (κ3) is 5.68. The van der Waals surface area contributed by atoms with E-state index >= 15 is 0 Å². The molecular formula is C18H24N2O4. The number of hydrogen-bond donors (Lipinski definition) is 3. The van der Waals surface area contributed by atoms with Gasteiger partial charge < -0.3 is 15.6 Å². The highest BCUT2D eigenvalue weighted by Gasteiger charge is 2.29. The number of hydrogen-bond acceptors (Lipinski definition) is 4. The molecular weight excluding hydrogens is 308 g/mol. The molecule has 0 bridgehead atoms. The molecule has 2 unspecified atom stereocenters. The topological polar surface area (TPSA) is 113 Å². The number of nitrogens with one attached hydrogen (secondary N) is 1. The monoisotopic (exact) mass is 332 g/mol. The molecule has 6 nitrogen and oxygen atoms in total. The van der Waals surface area contributed by atoms with Gasteiger partial charge in [-0.3, -0.25) is 15.0 Å². The van der Waals surface area contributed by atoms with Gasteiger partial charge in [-0.1, -0.05) is 24.3 Å². The Hall–Kier alpha value is -2.37. The van der Waals surface area contributed by atoms with E-state index in [9.17, 15) is 9.59 Å². The average Bonchev–Trinajstić information content (AvgIpc) is 2.51. The van der Waals surface area contributed by atoms with Crippen molar-refractivity contribution >= 4 is 17.8 Å². The maximum atomic E-state index is 11.6. The highest BCUT2D eigenvalue weighted by Crippen LogP contribution is 2.27. The lowest BCUT2D eigenvalue weighted by Gasteiger charge is -2.28. The summed E-state index contributed by atoms with van der Waals surface area (Å²) in [4.78, 5) is 22.4. The first kappa shape index (κ1) is 18.0. The van der Waals surface area contributed by atoms with Crippen LogP contribution in [0.1, 0.15) is 49.7 Å². The van der Waals surface area contributed by atoms with Gasteiger partial charge in [-0.25, -0.2) is 0 Å². The molecule has 1 saturated heterocycles. The number of nitrogen functional groups attached to an aromatic ring is 1. The third-order valence-corrected chi connectivity index (χ3v) is 4.32. The molecule has 2 atom stereocenters.